The fraction of sp³-hybridized carbons (Fsp3) is 0.250. The second kappa shape index (κ2) is 10.3. The predicted octanol–water partition coefficient (Wildman–Crippen LogP) is 7.10. The Kier molecular flexibility index (Phi) is 7.73. The molecule has 1 atom stereocenters. The van der Waals surface area contributed by atoms with E-state index < -0.39 is 33.1 Å². The fourth-order valence-electron chi connectivity index (χ4n) is 3.64. The number of nitrogens with one attached hydrogen (secondary N) is 2. The van der Waals surface area contributed by atoms with Crippen molar-refractivity contribution < 1.29 is 26.3 Å². The second-order valence-corrected chi connectivity index (χ2v) is 12.0. The largest absolute Gasteiger partial charge is 0.485 e. The van der Waals surface area contributed by atoms with Crippen molar-refractivity contribution in [3.63, 3.8) is 0 Å². The number of halogens is 5. The predicted molar refractivity (Wildman–Crippen MR) is 136 cm³/mol. The Balaban J connectivity index is 1.55. The van der Waals surface area contributed by atoms with Gasteiger partial charge in [-0.2, -0.15) is 13.2 Å². The summed E-state index contributed by atoms with van der Waals surface area (Å²) in [5.41, 5.74) is -1.85. The summed E-state index contributed by atoms with van der Waals surface area (Å²) in [5.74, 6) is -0.431. The average Bonchev–Trinajstić information content (AvgIpc) is 3.22. The molecule has 0 aromatic heterocycles. The highest BCUT2D eigenvalue weighted by atomic mass is 35.5. The molecule has 0 bridgehead atoms. The van der Waals surface area contributed by atoms with E-state index in [0.29, 0.717) is 34.5 Å². The van der Waals surface area contributed by atoms with E-state index in [1.165, 1.54) is 23.9 Å². The number of anilines is 1. The van der Waals surface area contributed by atoms with E-state index in [1.54, 1.807) is 37.3 Å². The van der Waals surface area contributed by atoms with Crippen molar-refractivity contribution >= 4 is 50.7 Å². The van der Waals surface area contributed by atoms with Crippen molar-refractivity contribution in [3.8, 4) is 5.75 Å². The molecular formula is C24H21Cl2F3N2O3S2. The molecule has 2 N–H and O–H groups in total. The maximum atomic E-state index is 13.6. The lowest BCUT2D eigenvalue weighted by molar-refractivity contribution is -0.139. The Morgan fingerprint density at radius 1 is 1.08 bits per heavy atom. The van der Waals surface area contributed by atoms with E-state index in [2.05, 4.69) is 10.0 Å². The third kappa shape index (κ3) is 6.23. The van der Waals surface area contributed by atoms with Gasteiger partial charge in [0.05, 0.1) is 26.2 Å². The number of ether oxygens (including phenoxy) is 1. The topological polar surface area (TPSA) is 67.4 Å². The van der Waals surface area contributed by atoms with E-state index in [9.17, 15) is 21.6 Å². The molecule has 1 fully saturated rings. The third-order valence-corrected chi connectivity index (χ3v) is 8.90. The number of hydrogen-bond donors (Lipinski definition) is 2. The summed E-state index contributed by atoms with van der Waals surface area (Å²) < 4.78 is 74.7. The van der Waals surface area contributed by atoms with Crippen molar-refractivity contribution in [2.45, 2.75) is 39.8 Å². The van der Waals surface area contributed by atoms with Crippen LogP contribution in [0.1, 0.15) is 18.9 Å². The Morgan fingerprint density at radius 2 is 1.81 bits per heavy atom. The first-order chi connectivity index (χ1) is 16.9. The lowest BCUT2D eigenvalue weighted by Gasteiger charge is -2.27. The van der Waals surface area contributed by atoms with Gasteiger partial charge in [0.1, 0.15) is 11.4 Å². The number of rotatable bonds is 7. The molecule has 0 aliphatic carbocycles. The van der Waals surface area contributed by atoms with Crippen LogP contribution in [0.25, 0.3) is 0 Å². The van der Waals surface area contributed by atoms with E-state index in [0.717, 1.165) is 23.1 Å². The van der Waals surface area contributed by atoms with E-state index in [1.807, 2.05) is 0 Å². The summed E-state index contributed by atoms with van der Waals surface area (Å²) in [7, 11) is -4.08. The van der Waals surface area contributed by atoms with E-state index in [-0.39, 0.29) is 10.6 Å². The van der Waals surface area contributed by atoms with Crippen LogP contribution >= 0.6 is 35.0 Å². The van der Waals surface area contributed by atoms with Crippen molar-refractivity contribution in [3.05, 3.63) is 76.3 Å². The van der Waals surface area contributed by atoms with Crippen molar-refractivity contribution in [2.75, 3.05) is 17.8 Å². The first-order valence-corrected chi connectivity index (χ1v) is 13.8. The van der Waals surface area contributed by atoms with Crippen LogP contribution < -0.4 is 14.8 Å². The minimum atomic E-state index is -4.66. The van der Waals surface area contributed by atoms with E-state index >= 15 is 0 Å². The van der Waals surface area contributed by atoms with Gasteiger partial charge in [0.15, 0.2) is 0 Å². The molecule has 1 saturated heterocycles. The zero-order valence-electron chi connectivity index (χ0n) is 18.8. The van der Waals surface area contributed by atoms with Crippen molar-refractivity contribution in [2.24, 2.45) is 0 Å². The van der Waals surface area contributed by atoms with Gasteiger partial charge in [0, 0.05) is 28.8 Å². The standard InChI is InChI=1S/C24H21Cl2F3N2O3S2/c1-23(11-12-30-14-23)34-20-13-15(5-10-18(20)24(27,28)29)31-36(32,33)17-8-6-16(7-9-17)35-21-4-2-3-19(25)22(21)26/h2-10,13,30-31H,11-12,14H2,1H3/t23-/m1/s1. The molecule has 1 heterocycles. The average molecular weight is 577 g/mol. The Hall–Kier alpha value is -2.11. The third-order valence-electron chi connectivity index (χ3n) is 5.50. The molecule has 1 aliphatic heterocycles. The lowest BCUT2D eigenvalue weighted by Crippen LogP contribution is -2.35. The van der Waals surface area contributed by atoms with Crippen molar-refractivity contribution in [1.82, 2.24) is 5.32 Å². The molecule has 3 aromatic carbocycles. The monoisotopic (exact) mass is 576 g/mol. The van der Waals surface area contributed by atoms with Gasteiger partial charge in [-0.05, 0) is 62.0 Å². The molecule has 0 radical (unpaired) electrons. The van der Waals surface area contributed by atoms with Gasteiger partial charge in [0.25, 0.3) is 10.0 Å². The van der Waals surface area contributed by atoms with Gasteiger partial charge in [-0.25, -0.2) is 8.42 Å². The highest BCUT2D eigenvalue weighted by Gasteiger charge is 2.38. The molecule has 0 saturated carbocycles. The fourth-order valence-corrected chi connectivity index (χ4v) is 6.04. The number of hydrogen-bond acceptors (Lipinski definition) is 5. The SMILES string of the molecule is C[C@@]1(Oc2cc(NS(=O)(=O)c3ccc(Sc4cccc(Cl)c4Cl)cc3)ccc2C(F)(F)F)CCNC1. The van der Waals surface area contributed by atoms with Crippen LogP contribution in [0.2, 0.25) is 10.0 Å². The van der Waals surface area contributed by atoms with Crippen LogP contribution in [0.3, 0.4) is 0 Å². The molecule has 0 spiro atoms. The summed E-state index contributed by atoms with van der Waals surface area (Å²) in [4.78, 5) is 1.38. The molecule has 0 unspecified atom stereocenters. The minimum absolute atomic E-state index is 0.0447. The first kappa shape index (κ1) is 26.9. The molecule has 4 rings (SSSR count). The van der Waals surface area contributed by atoms with Gasteiger partial charge < -0.3 is 10.1 Å². The molecule has 192 valence electrons. The zero-order valence-corrected chi connectivity index (χ0v) is 22.0. The number of alkyl halides is 3. The molecule has 3 aromatic rings. The number of benzene rings is 3. The molecule has 12 heteroatoms. The van der Waals surface area contributed by atoms with Crippen LogP contribution in [-0.2, 0) is 16.2 Å². The quantitative estimate of drug-likeness (QED) is 0.314. The Bertz CT molecular complexity index is 1360. The maximum absolute atomic E-state index is 13.6. The molecule has 5 nitrogen and oxygen atoms in total. The normalized spacial score (nSPS) is 18.3. The summed E-state index contributed by atoms with van der Waals surface area (Å²) in [6, 6.07) is 14.2. The zero-order chi connectivity index (χ0) is 26.1. The molecule has 36 heavy (non-hydrogen) atoms. The highest BCUT2D eigenvalue weighted by molar-refractivity contribution is 7.99. The second-order valence-electron chi connectivity index (χ2n) is 8.42. The Labute approximate surface area is 221 Å². The molecule has 0 amide bonds. The van der Waals surface area contributed by atoms with Crippen LogP contribution in [0.15, 0.2) is 75.4 Å². The van der Waals surface area contributed by atoms with Gasteiger partial charge in [-0.15, -0.1) is 0 Å². The summed E-state index contributed by atoms with van der Waals surface area (Å²) in [6.07, 6.45) is -4.14. The van der Waals surface area contributed by atoms with E-state index in [4.69, 9.17) is 27.9 Å². The lowest BCUT2D eigenvalue weighted by atomic mass is 10.1. The number of sulfonamides is 1. The maximum Gasteiger partial charge on any atom is 0.419 e. The minimum Gasteiger partial charge on any atom is -0.485 e. The van der Waals surface area contributed by atoms with Gasteiger partial charge in [-0.1, -0.05) is 41.0 Å². The van der Waals surface area contributed by atoms with Crippen LogP contribution in [-0.4, -0.2) is 27.1 Å². The van der Waals surface area contributed by atoms with Crippen LogP contribution in [0, 0.1) is 0 Å². The van der Waals surface area contributed by atoms with Gasteiger partial charge in [0.2, 0.25) is 0 Å². The smallest absolute Gasteiger partial charge is 0.419 e. The van der Waals surface area contributed by atoms with Crippen molar-refractivity contribution in [1.29, 1.82) is 0 Å². The Morgan fingerprint density at radius 3 is 2.44 bits per heavy atom. The molecular weight excluding hydrogens is 556 g/mol. The first-order valence-electron chi connectivity index (χ1n) is 10.7. The molecule has 1 aliphatic rings. The van der Waals surface area contributed by atoms with Gasteiger partial charge in [-0.3, -0.25) is 4.72 Å². The summed E-state index contributed by atoms with van der Waals surface area (Å²) >= 11 is 13.6. The van der Waals surface area contributed by atoms with Crippen LogP contribution in [0.4, 0.5) is 18.9 Å². The summed E-state index contributed by atoms with van der Waals surface area (Å²) in [5, 5.41) is 3.86. The van der Waals surface area contributed by atoms with Gasteiger partial charge >= 0.3 is 6.18 Å². The highest BCUT2D eigenvalue weighted by Crippen LogP contribution is 2.40. The van der Waals surface area contributed by atoms with Crippen LogP contribution in [0.5, 0.6) is 5.75 Å². The summed E-state index contributed by atoms with van der Waals surface area (Å²) in [6.45, 7) is 2.70.